The van der Waals surface area contributed by atoms with E-state index in [2.05, 4.69) is 4.90 Å². The van der Waals surface area contributed by atoms with Crippen LogP contribution in [0.1, 0.15) is 23.2 Å². The predicted octanol–water partition coefficient (Wildman–Crippen LogP) is 3.29. The maximum Gasteiger partial charge on any atom is 0.165 e. The minimum Gasteiger partial charge on any atom is -0.380 e. The molecular weight excluding hydrogens is 285 g/mol. The van der Waals surface area contributed by atoms with Gasteiger partial charge in [-0.05, 0) is 18.6 Å². The molecule has 0 spiro atoms. The molecule has 104 valence electrons. The number of hydrogen-bond donors (Lipinski definition) is 0. The van der Waals surface area contributed by atoms with E-state index in [1.54, 1.807) is 18.2 Å². The third kappa shape index (κ3) is 4.18. The van der Waals surface area contributed by atoms with Crippen LogP contribution in [0.5, 0.6) is 0 Å². The first-order valence-electron chi connectivity index (χ1n) is 6.46. The van der Waals surface area contributed by atoms with E-state index in [-0.39, 0.29) is 5.78 Å². The van der Waals surface area contributed by atoms with E-state index >= 15 is 0 Å². The van der Waals surface area contributed by atoms with Crippen molar-refractivity contribution >= 4 is 29.0 Å². The van der Waals surface area contributed by atoms with Crippen molar-refractivity contribution in [3.8, 4) is 0 Å². The van der Waals surface area contributed by atoms with Gasteiger partial charge in [-0.2, -0.15) is 0 Å². The van der Waals surface area contributed by atoms with Crippen LogP contribution in [0.2, 0.25) is 10.0 Å². The van der Waals surface area contributed by atoms with Gasteiger partial charge < -0.3 is 9.64 Å². The highest BCUT2D eigenvalue weighted by atomic mass is 35.5. The maximum absolute atomic E-state index is 12.1. The van der Waals surface area contributed by atoms with Gasteiger partial charge >= 0.3 is 0 Å². The summed E-state index contributed by atoms with van der Waals surface area (Å²) in [7, 11) is 0. The first-order chi connectivity index (χ1) is 9.18. The number of rotatable bonds is 4. The van der Waals surface area contributed by atoms with Crippen LogP contribution in [-0.2, 0) is 4.74 Å². The molecule has 0 radical (unpaired) electrons. The molecule has 0 aliphatic carbocycles. The van der Waals surface area contributed by atoms with Gasteiger partial charge in [0.15, 0.2) is 5.78 Å². The monoisotopic (exact) mass is 301 g/mol. The number of ether oxygens (including phenoxy) is 1. The summed E-state index contributed by atoms with van der Waals surface area (Å²) in [5.41, 5.74) is 0.514. The lowest BCUT2D eigenvalue weighted by molar-refractivity contribution is 0.0960. The van der Waals surface area contributed by atoms with Crippen LogP contribution >= 0.6 is 23.2 Å². The van der Waals surface area contributed by atoms with Crippen molar-refractivity contribution in [3.63, 3.8) is 0 Å². The van der Waals surface area contributed by atoms with E-state index in [0.29, 0.717) is 22.0 Å². The number of nitrogens with zero attached hydrogens (tertiary/aromatic N) is 1. The molecule has 0 atom stereocenters. The quantitative estimate of drug-likeness (QED) is 0.799. The largest absolute Gasteiger partial charge is 0.380 e. The zero-order valence-corrected chi connectivity index (χ0v) is 12.2. The van der Waals surface area contributed by atoms with Crippen LogP contribution in [0.25, 0.3) is 0 Å². The van der Waals surface area contributed by atoms with E-state index in [4.69, 9.17) is 27.9 Å². The van der Waals surface area contributed by atoms with Crippen LogP contribution in [0.4, 0.5) is 0 Å². The fourth-order valence-corrected chi connectivity index (χ4v) is 2.54. The summed E-state index contributed by atoms with van der Waals surface area (Å²) in [6, 6.07) is 5.16. The van der Waals surface area contributed by atoms with Crippen molar-refractivity contribution in [2.24, 2.45) is 0 Å². The molecule has 1 aliphatic rings. The number of Topliss-reactive ketones (excluding diaryl/α,β-unsaturated/α-hetero) is 1. The summed E-state index contributed by atoms with van der Waals surface area (Å²) in [5, 5.41) is 0.782. The average Bonchev–Trinajstić information content (AvgIpc) is 2.68. The minimum atomic E-state index is 0.0395. The van der Waals surface area contributed by atoms with Gasteiger partial charge in [-0.3, -0.25) is 4.79 Å². The van der Waals surface area contributed by atoms with E-state index in [1.165, 1.54) is 0 Å². The van der Waals surface area contributed by atoms with Crippen LogP contribution < -0.4 is 0 Å². The molecule has 1 aromatic rings. The molecule has 3 nitrogen and oxygen atoms in total. The first-order valence-corrected chi connectivity index (χ1v) is 7.21. The SMILES string of the molecule is O=C(CCN1CCCOCC1)c1cccc(Cl)c1Cl. The predicted molar refractivity (Wildman–Crippen MR) is 77.3 cm³/mol. The first kappa shape index (κ1) is 14.8. The molecule has 2 rings (SSSR count). The lowest BCUT2D eigenvalue weighted by Crippen LogP contribution is -2.28. The van der Waals surface area contributed by atoms with Gasteiger partial charge in [0.1, 0.15) is 0 Å². The second-order valence-electron chi connectivity index (χ2n) is 4.58. The zero-order chi connectivity index (χ0) is 13.7. The van der Waals surface area contributed by atoms with Gasteiger partial charge in [0.2, 0.25) is 0 Å². The summed E-state index contributed by atoms with van der Waals surface area (Å²) in [4.78, 5) is 14.4. The van der Waals surface area contributed by atoms with Crippen LogP contribution in [0, 0.1) is 0 Å². The lowest BCUT2D eigenvalue weighted by Gasteiger charge is -2.18. The van der Waals surface area contributed by atoms with Crippen molar-refractivity contribution in [1.82, 2.24) is 4.90 Å². The van der Waals surface area contributed by atoms with Crippen LogP contribution in [0.3, 0.4) is 0 Å². The number of halogens is 2. The van der Waals surface area contributed by atoms with Crippen molar-refractivity contribution in [2.75, 3.05) is 32.8 Å². The Morgan fingerprint density at radius 3 is 2.95 bits per heavy atom. The number of ketones is 1. The second-order valence-corrected chi connectivity index (χ2v) is 5.37. The summed E-state index contributed by atoms with van der Waals surface area (Å²) in [6.45, 7) is 4.16. The van der Waals surface area contributed by atoms with Crippen molar-refractivity contribution in [3.05, 3.63) is 33.8 Å². The van der Waals surface area contributed by atoms with Crippen molar-refractivity contribution in [1.29, 1.82) is 0 Å². The fraction of sp³-hybridized carbons (Fsp3) is 0.500. The summed E-state index contributed by atoms with van der Waals surface area (Å²) >= 11 is 12.0. The Morgan fingerprint density at radius 1 is 1.26 bits per heavy atom. The Morgan fingerprint density at radius 2 is 2.11 bits per heavy atom. The van der Waals surface area contributed by atoms with E-state index in [9.17, 15) is 4.79 Å². The van der Waals surface area contributed by atoms with E-state index < -0.39 is 0 Å². The number of carbonyl (C=O) groups excluding carboxylic acids is 1. The highest BCUT2D eigenvalue weighted by molar-refractivity contribution is 6.43. The van der Waals surface area contributed by atoms with Gasteiger partial charge in [-0.15, -0.1) is 0 Å². The normalized spacial score (nSPS) is 17.2. The van der Waals surface area contributed by atoms with Gasteiger partial charge in [0, 0.05) is 38.2 Å². The highest BCUT2D eigenvalue weighted by Crippen LogP contribution is 2.26. The topological polar surface area (TPSA) is 29.5 Å². The number of hydrogen-bond acceptors (Lipinski definition) is 3. The Bertz CT molecular complexity index is 443. The van der Waals surface area contributed by atoms with Gasteiger partial charge in [-0.25, -0.2) is 0 Å². The molecular formula is C14H17Cl2NO2. The highest BCUT2D eigenvalue weighted by Gasteiger charge is 2.15. The molecule has 1 fully saturated rings. The standard InChI is InChI=1S/C14H17Cl2NO2/c15-12-4-1-3-11(14(12)16)13(18)5-7-17-6-2-9-19-10-8-17/h1,3-4H,2,5-10H2. The summed E-state index contributed by atoms with van der Waals surface area (Å²) in [5.74, 6) is 0.0395. The average molecular weight is 302 g/mol. The maximum atomic E-state index is 12.1. The second kappa shape index (κ2) is 7.25. The number of carbonyl (C=O) groups is 1. The summed E-state index contributed by atoms with van der Waals surface area (Å²) in [6.07, 6.45) is 1.48. The summed E-state index contributed by atoms with van der Waals surface area (Å²) < 4.78 is 5.39. The Kier molecular flexibility index (Phi) is 5.64. The molecule has 0 aromatic heterocycles. The van der Waals surface area contributed by atoms with Crippen LogP contribution in [0.15, 0.2) is 18.2 Å². The van der Waals surface area contributed by atoms with Crippen molar-refractivity contribution in [2.45, 2.75) is 12.8 Å². The molecule has 1 aromatic carbocycles. The molecule has 19 heavy (non-hydrogen) atoms. The van der Waals surface area contributed by atoms with Crippen LogP contribution in [-0.4, -0.2) is 43.5 Å². The zero-order valence-electron chi connectivity index (χ0n) is 10.7. The van der Waals surface area contributed by atoms with E-state index in [1.807, 2.05) is 0 Å². The Hall–Kier alpha value is -0.610. The Labute approximate surface area is 123 Å². The molecule has 0 unspecified atom stereocenters. The molecule has 0 N–H and O–H groups in total. The molecule has 1 heterocycles. The smallest absolute Gasteiger partial charge is 0.165 e. The lowest BCUT2D eigenvalue weighted by atomic mass is 10.1. The number of benzene rings is 1. The van der Waals surface area contributed by atoms with Crippen molar-refractivity contribution < 1.29 is 9.53 Å². The molecule has 5 heteroatoms. The molecule has 0 saturated carbocycles. The van der Waals surface area contributed by atoms with Gasteiger partial charge in [0.05, 0.1) is 16.7 Å². The van der Waals surface area contributed by atoms with Gasteiger partial charge in [-0.1, -0.05) is 29.3 Å². The van der Waals surface area contributed by atoms with E-state index in [0.717, 1.165) is 39.3 Å². The van der Waals surface area contributed by atoms with Gasteiger partial charge in [0.25, 0.3) is 0 Å². The molecule has 0 bridgehead atoms. The Balaban J connectivity index is 1.91. The third-order valence-electron chi connectivity index (χ3n) is 3.22. The molecule has 0 amide bonds. The minimum absolute atomic E-state index is 0.0395. The molecule has 1 saturated heterocycles. The fourth-order valence-electron chi connectivity index (χ4n) is 2.13. The third-order valence-corrected chi connectivity index (χ3v) is 4.04. The molecule has 1 aliphatic heterocycles.